The molecule has 1 saturated heterocycles. The number of nitrogens with one attached hydrogen (secondary N) is 1. The molecule has 0 spiro atoms. The molecule has 1 N–H and O–H groups in total. The fourth-order valence-corrected chi connectivity index (χ4v) is 2.92. The molecule has 23 heavy (non-hydrogen) atoms. The lowest BCUT2D eigenvalue weighted by Gasteiger charge is -2.38. The van der Waals surface area contributed by atoms with Crippen molar-refractivity contribution < 1.29 is 9.59 Å². The molecule has 120 valence electrons. The number of hydrogen-bond donors (Lipinski definition) is 1. The molecule has 2 aromatic rings. The summed E-state index contributed by atoms with van der Waals surface area (Å²) >= 11 is 0. The molecule has 0 radical (unpaired) electrons. The third kappa shape index (κ3) is 3.18. The van der Waals surface area contributed by atoms with Crippen LogP contribution in [0.15, 0.2) is 30.5 Å². The molecule has 0 aliphatic carbocycles. The number of benzene rings is 1. The van der Waals surface area contributed by atoms with Gasteiger partial charge < -0.3 is 10.2 Å². The van der Waals surface area contributed by atoms with Gasteiger partial charge in [0.1, 0.15) is 0 Å². The molecule has 0 saturated carbocycles. The smallest absolute Gasteiger partial charge is 0.253 e. The van der Waals surface area contributed by atoms with Gasteiger partial charge in [-0.1, -0.05) is 13.0 Å². The molecule has 1 aliphatic rings. The van der Waals surface area contributed by atoms with E-state index in [1.165, 1.54) is 0 Å². The van der Waals surface area contributed by atoms with Gasteiger partial charge in [0.05, 0.1) is 11.1 Å². The average Bonchev–Trinajstić information content (AvgIpc) is 2.51. The second-order valence-electron chi connectivity index (χ2n) is 6.07. The highest BCUT2D eigenvalue weighted by molar-refractivity contribution is 6.05. The number of rotatable bonds is 4. The molecular formula is C18H21N3O2. The number of nitrogens with zero attached hydrogens (tertiary/aromatic N) is 2. The first-order valence-electron chi connectivity index (χ1n) is 8.00. The second kappa shape index (κ2) is 6.36. The van der Waals surface area contributed by atoms with Crippen LogP contribution in [0.25, 0.3) is 10.9 Å². The Balaban J connectivity index is 1.72. The number of likely N-dealkylation sites (tertiary alicyclic amines) is 1. The Morgan fingerprint density at radius 1 is 1.35 bits per heavy atom. The summed E-state index contributed by atoms with van der Waals surface area (Å²) in [6, 6.07) is 7.87. The number of carbonyl (C=O) groups is 2. The van der Waals surface area contributed by atoms with Gasteiger partial charge in [-0.2, -0.15) is 0 Å². The lowest BCUT2D eigenvalue weighted by molar-refractivity contribution is -0.134. The molecule has 1 fully saturated rings. The molecule has 0 atom stereocenters. The van der Waals surface area contributed by atoms with E-state index in [0.717, 1.165) is 36.0 Å². The van der Waals surface area contributed by atoms with Crippen molar-refractivity contribution >= 4 is 22.7 Å². The maximum atomic E-state index is 12.6. The number of fused-ring (bicyclic) bond motifs is 1. The topological polar surface area (TPSA) is 62.3 Å². The zero-order valence-electron chi connectivity index (χ0n) is 13.5. The lowest BCUT2D eigenvalue weighted by atomic mass is 9.99. The quantitative estimate of drug-likeness (QED) is 0.939. The van der Waals surface area contributed by atoms with Crippen LogP contribution >= 0.6 is 0 Å². The molecule has 1 aromatic heterocycles. The molecule has 2 amide bonds. The van der Waals surface area contributed by atoms with Gasteiger partial charge >= 0.3 is 0 Å². The average molecular weight is 311 g/mol. The van der Waals surface area contributed by atoms with Crippen molar-refractivity contribution in [2.24, 2.45) is 5.92 Å². The van der Waals surface area contributed by atoms with E-state index >= 15 is 0 Å². The number of hydrogen-bond acceptors (Lipinski definition) is 3. The van der Waals surface area contributed by atoms with Crippen LogP contribution in [-0.2, 0) is 11.2 Å². The molecule has 5 nitrogen and oxygen atoms in total. The Kier molecular flexibility index (Phi) is 4.28. The molecule has 0 bridgehead atoms. The first-order chi connectivity index (χ1) is 11.1. The van der Waals surface area contributed by atoms with Gasteiger partial charge in [-0.05, 0) is 30.2 Å². The maximum absolute atomic E-state index is 12.6. The highest BCUT2D eigenvalue weighted by Crippen LogP contribution is 2.20. The molecule has 2 heterocycles. The van der Waals surface area contributed by atoms with Crippen LogP contribution in [0.2, 0.25) is 0 Å². The van der Waals surface area contributed by atoms with Gasteiger partial charge in [-0.25, -0.2) is 0 Å². The molecule has 5 heteroatoms. The van der Waals surface area contributed by atoms with Gasteiger partial charge in [-0.3, -0.25) is 14.6 Å². The summed E-state index contributed by atoms with van der Waals surface area (Å²) in [5.74, 6) is 0.347. The van der Waals surface area contributed by atoms with E-state index in [9.17, 15) is 9.59 Å². The van der Waals surface area contributed by atoms with E-state index in [1.54, 1.807) is 18.0 Å². The van der Waals surface area contributed by atoms with Crippen LogP contribution in [0.1, 0.15) is 29.8 Å². The summed E-state index contributed by atoms with van der Waals surface area (Å²) < 4.78 is 0. The summed E-state index contributed by atoms with van der Waals surface area (Å²) in [5, 5.41) is 3.98. The summed E-state index contributed by atoms with van der Waals surface area (Å²) in [4.78, 5) is 29.9. The number of pyridine rings is 1. The van der Waals surface area contributed by atoms with Crippen LogP contribution in [0.3, 0.4) is 0 Å². The van der Waals surface area contributed by atoms with E-state index in [2.05, 4.69) is 23.3 Å². The Bertz CT molecular complexity index is 751. The zero-order valence-corrected chi connectivity index (χ0v) is 13.5. The van der Waals surface area contributed by atoms with Crippen molar-refractivity contribution in [3.8, 4) is 0 Å². The van der Waals surface area contributed by atoms with Gasteiger partial charge in [0.15, 0.2) is 0 Å². The van der Waals surface area contributed by atoms with Gasteiger partial charge in [0.2, 0.25) is 5.91 Å². The third-order valence-electron chi connectivity index (χ3n) is 4.37. The summed E-state index contributed by atoms with van der Waals surface area (Å²) in [6.07, 6.45) is 2.59. The number of amides is 2. The van der Waals surface area contributed by atoms with Crippen LogP contribution in [0.4, 0.5) is 0 Å². The van der Waals surface area contributed by atoms with Gasteiger partial charge in [0.25, 0.3) is 5.91 Å². The predicted molar refractivity (Wildman–Crippen MR) is 89.2 cm³/mol. The van der Waals surface area contributed by atoms with Crippen LogP contribution in [-0.4, -0.2) is 41.3 Å². The maximum Gasteiger partial charge on any atom is 0.253 e. The standard InChI is InChI=1S/C18H21N3O2/c1-3-13-7-15-5-4-6-19-17(15)16(8-13)18(23)20-9-14-10-21(11-14)12(2)22/h4-8,14H,3,9-11H2,1-2H3,(H,20,23). The minimum Gasteiger partial charge on any atom is -0.352 e. The van der Waals surface area contributed by atoms with Crippen molar-refractivity contribution in [3.05, 3.63) is 41.6 Å². The molecule has 1 aliphatic heterocycles. The van der Waals surface area contributed by atoms with E-state index in [0.29, 0.717) is 18.0 Å². The molecular weight excluding hydrogens is 290 g/mol. The van der Waals surface area contributed by atoms with Crippen molar-refractivity contribution in [2.75, 3.05) is 19.6 Å². The number of carbonyl (C=O) groups excluding carboxylic acids is 2. The van der Waals surface area contributed by atoms with E-state index < -0.39 is 0 Å². The third-order valence-corrected chi connectivity index (χ3v) is 4.37. The molecule has 1 aromatic carbocycles. The Morgan fingerprint density at radius 2 is 2.13 bits per heavy atom. The lowest BCUT2D eigenvalue weighted by Crippen LogP contribution is -2.53. The SMILES string of the molecule is CCc1cc(C(=O)NCC2CN(C(C)=O)C2)c2ncccc2c1. The Morgan fingerprint density at radius 3 is 2.83 bits per heavy atom. The monoisotopic (exact) mass is 311 g/mol. The first kappa shape index (κ1) is 15.5. The summed E-state index contributed by atoms with van der Waals surface area (Å²) in [7, 11) is 0. The van der Waals surface area contributed by atoms with E-state index in [-0.39, 0.29) is 11.8 Å². The zero-order chi connectivity index (χ0) is 16.4. The minimum atomic E-state index is -0.0923. The number of aryl methyl sites for hydroxylation is 1. The highest BCUT2D eigenvalue weighted by atomic mass is 16.2. The first-order valence-corrected chi connectivity index (χ1v) is 8.00. The highest BCUT2D eigenvalue weighted by Gasteiger charge is 2.28. The van der Waals surface area contributed by atoms with E-state index in [1.807, 2.05) is 18.2 Å². The molecule has 3 rings (SSSR count). The normalized spacial score (nSPS) is 14.6. The second-order valence-corrected chi connectivity index (χ2v) is 6.07. The van der Waals surface area contributed by atoms with Gasteiger partial charge in [-0.15, -0.1) is 0 Å². The summed E-state index contributed by atoms with van der Waals surface area (Å²) in [6.45, 7) is 5.69. The van der Waals surface area contributed by atoms with Crippen LogP contribution < -0.4 is 5.32 Å². The fraction of sp³-hybridized carbons (Fsp3) is 0.389. The van der Waals surface area contributed by atoms with Gasteiger partial charge in [0, 0.05) is 44.1 Å². The Hall–Kier alpha value is -2.43. The van der Waals surface area contributed by atoms with Crippen molar-refractivity contribution in [1.29, 1.82) is 0 Å². The largest absolute Gasteiger partial charge is 0.352 e. The predicted octanol–water partition coefficient (Wildman–Crippen LogP) is 2.01. The van der Waals surface area contributed by atoms with Crippen molar-refractivity contribution in [2.45, 2.75) is 20.3 Å². The van der Waals surface area contributed by atoms with Crippen LogP contribution in [0.5, 0.6) is 0 Å². The molecule has 0 unspecified atom stereocenters. The number of aromatic nitrogens is 1. The van der Waals surface area contributed by atoms with Crippen molar-refractivity contribution in [1.82, 2.24) is 15.2 Å². The van der Waals surface area contributed by atoms with Crippen molar-refractivity contribution in [3.63, 3.8) is 0 Å². The van der Waals surface area contributed by atoms with E-state index in [4.69, 9.17) is 0 Å². The minimum absolute atomic E-state index is 0.0923. The summed E-state index contributed by atoms with van der Waals surface area (Å²) in [5.41, 5.74) is 2.49. The van der Waals surface area contributed by atoms with Crippen LogP contribution in [0, 0.1) is 5.92 Å². The Labute approximate surface area is 135 Å². The fourth-order valence-electron chi connectivity index (χ4n) is 2.92.